The van der Waals surface area contributed by atoms with Crippen molar-refractivity contribution < 1.29 is 4.39 Å². The van der Waals surface area contributed by atoms with Gasteiger partial charge in [0.05, 0.1) is 0 Å². The number of nitrogens with zero attached hydrogens (tertiary/aromatic N) is 2. The first-order valence-electron chi connectivity index (χ1n) is 15.4. The van der Waals surface area contributed by atoms with Gasteiger partial charge in [0.15, 0.2) is 0 Å². The second-order valence-corrected chi connectivity index (χ2v) is 11.4. The zero-order chi connectivity index (χ0) is 30.6. The SMILES string of the molecule is C=C/C=C\C(=N)CCN(CC)CCC.C=C1CN(Cc2ccc(F)cc2)CCC/C1=C/C=C(\C)C(=C)CCC(C)C. The predicted molar refractivity (Wildman–Crippen MR) is 179 cm³/mol. The second-order valence-electron chi connectivity index (χ2n) is 11.4. The van der Waals surface area contributed by atoms with Crippen molar-refractivity contribution in [3.63, 3.8) is 0 Å². The van der Waals surface area contributed by atoms with Crippen molar-refractivity contribution in [2.75, 3.05) is 32.7 Å². The summed E-state index contributed by atoms with van der Waals surface area (Å²) in [5.74, 6) is 0.531. The van der Waals surface area contributed by atoms with Gasteiger partial charge in [-0.25, -0.2) is 4.39 Å². The molecule has 1 heterocycles. The molecule has 1 fully saturated rings. The van der Waals surface area contributed by atoms with Crippen LogP contribution in [0.4, 0.5) is 4.39 Å². The van der Waals surface area contributed by atoms with Gasteiger partial charge in [-0.3, -0.25) is 4.90 Å². The van der Waals surface area contributed by atoms with E-state index in [4.69, 9.17) is 5.41 Å². The van der Waals surface area contributed by atoms with E-state index in [0.29, 0.717) is 11.6 Å². The van der Waals surface area contributed by atoms with E-state index >= 15 is 0 Å². The molecule has 0 amide bonds. The lowest BCUT2D eigenvalue weighted by molar-refractivity contribution is 0.295. The Bertz CT molecular complexity index is 1040. The van der Waals surface area contributed by atoms with Crippen molar-refractivity contribution in [2.24, 2.45) is 5.92 Å². The van der Waals surface area contributed by atoms with E-state index in [2.05, 4.69) is 76.3 Å². The Balaban J connectivity index is 0.000000509. The molecule has 0 saturated carbocycles. The Hall–Kier alpha value is -2.82. The molecule has 226 valence electrons. The molecule has 0 aromatic heterocycles. The summed E-state index contributed by atoms with van der Waals surface area (Å²) < 4.78 is 13.1. The van der Waals surface area contributed by atoms with E-state index in [9.17, 15) is 4.39 Å². The highest BCUT2D eigenvalue weighted by Crippen LogP contribution is 2.24. The number of rotatable bonds is 15. The molecule has 0 radical (unpaired) electrons. The molecule has 4 heteroatoms. The van der Waals surface area contributed by atoms with Crippen molar-refractivity contribution >= 4 is 5.71 Å². The zero-order valence-corrected chi connectivity index (χ0v) is 26.7. The third-order valence-electron chi connectivity index (χ3n) is 7.34. The van der Waals surface area contributed by atoms with Gasteiger partial charge in [0.25, 0.3) is 0 Å². The number of halogens is 1. The third-order valence-corrected chi connectivity index (χ3v) is 7.34. The minimum atomic E-state index is -0.179. The number of nitrogens with one attached hydrogen (secondary N) is 1. The van der Waals surface area contributed by atoms with Crippen LogP contribution in [0.15, 0.2) is 96.7 Å². The maximum atomic E-state index is 13.1. The summed E-state index contributed by atoms with van der Waals surface area (Å²) in [4.78, 5) is 4.77. The minimum absolute atomic E-state index is 0.179. The largest absolute Gasteiger partial charge is 0.305 e. The molecule has 3 nitrogen and oxygen atoms in total. The van der Waals surface area contributed by atoms with Gasteiger partial charge in [-0.2, -0.15) is 0 Å². The molecule has 0 bridgehead atoms. The molecule has 1 aliphatic heterocycles. The average Bonchev–Trinajstić information content (AvgIpc) is 3.12. The number of benzene rings is 1. The highest BCUT2D eigenvalue weighted by molar-refractivity contribution is 5.92. The zero-order valence-electron chi connectivity index (χ0n) is 26.7. The van der Waals surface area contributed by atoms with E-state index in [1.54, 1.807) is 6.08 Å². The van der Waals surface area contributed by atoms with Crippen molar-refractivity contribution in [2.45, 2.75) is 79.7 Å². The molecule has 0 atom stereocenters. The summed E-state index contributed by atoms with van der Waals surface area (Å²) in [6.45, 7) is 29.1. The highest BCUT2D eigenvalue weighted by atomic mass is 19.1. The fraction of sp³-hybridized carbons (Fsp3) is 0.486. The summed E-state index contributed by atoms with van der Waals surface area (Å²) in [5, 5.41) is 7.63. The lowest BCUT2D eigenvalue weighted by Gasteiger charge is -2.20. The van der Waals surface area contributed by atoms with Gasteiger partial charge in [0.1, 0.15) is 5.82 Å². The molecule has 1 aromatic carbocycles. The lowest BCUT2D eigenvalue weighted by atomic mass is 9.97. The van der Waals surface area contributed by atoms with E-state index < -0.39 is 0 Å². The number of likely N-dealkylation sites (tertiary alicyclic amines) is 1. The number of hydrogen-bond acceptors (Lipinski definition) is 3. The normalized spacial score (nSPS) is 15.8. The van der Waals surface area contributed by atoms with Crippen LogP contribution in [-0.2, 0) is 6.54 Å². The summed E-state index contributed by atoms with van der Waals surface area (Å²) in [6, 6.07) is 6.81. The van der Waals surface area contributed by atoms with Gasteiger partial charge in [0, 0.05) is 31.8 Å². The Morgan fingerprint density at radius 1 is 1.15 bits per heavy atom. The topological polar surface area (TPSA) is 30.3 Å². The summed E-state index contributed by atoms with van der Waals surface area (Å²) >= 11 is 0. The van der Waals surface area contributed by atoms with Crippen LogP contribution in [0.5, 0.6) is 0 Å². The lowest BCUT2D eigenvalue weighted by Crippen LogP contribution is -2.26. The molecule has 0 aliphatic carbocycles. The fourth-order valence-corrected chi connectivity index (χ4v) is 4.60. The predicted octanol–water partition coefficient (Wildman–Crippen LogP) is 9.71. The van der Waals surface area contributed by atoms with Crippen LogP contribution in [0, 0.1) is 17.1 Å². The van der Waals surface area contributed by atoms with Crippen LogP contribution in [0.2, 0.25) is 0 Å². The maximum absolute atomic E-state index is 13.1. The van der Waals surface area contributed by atoms with Crippen molar-refractivity contribution in [1.82, 2.24) is 9.80 Å². The number of hydrogen-bond donors (Lipinski definition) is 1. The molecule has 0 spiro atoms. The van der Waals surface area contributed by atoms with Crippen LogP contribution >= 0.6 is 0 Å². The first-order chi connectivity index (χ1) is 19.6. The molecule has 1 aliphatic rings. The summed E-state index contributed by atoms with van der Waals surface area (Å²) in [6.07, 6.45) is 16.2. The van der Waals surface area contributed by atoms with E-state index in [1.165, 1.54) is 47.3 Å². The molecular formula is C37H56FN3. The monoisotopic (exact) mass is 561 g/mol. The van der Waals surface area contributed by atoms with Crippen molar-refractivity contribution in [1.29, 1.82) is 5.41 Å². The Morgan fingerprint density at radius 3 is 2.46 bits per heavy atom. The molecule has 0 unspecified atom stereocenters. The van der Waals surface area contributed by atoms with E-state index in [1.807, 2.05) is 24.3 Å². The van der Waals surface area contributed by atoms with E-state index in [-0.39, 0.29) is 5.82 Å². The standard InChI is InChI=1S/C25H34FN.C12H22N2/c1-19(2)8-9-20(3)21(4)10-13-24-7-6-16-27(17-22(24)5)18-23-11-14-25(26)15-12-23;1-4-7-8-12(13)9-11-14(6-3)10-5-2/h10-15,19H,3,5-9,16-18H2,1-2,4H3;4,7-8,13H,1,5-6,9-11H2,2-3H3/b21-10+,24-13-;8-7-,13-12?. The van der Waals surface area contributed by atoms with Gasteiger partial charge in [0.2, 0.25) is 0 Å². The van der Waals surface area contributed by atoms with Gasteiger partial charge in [-0.15, -0.1) is 0 Å². The average molecular weight is 562 g/mol. The molecule has 1 saturated heterocycles. The smallest absolute Gasteiger partial charge is 0.123 e. The minimum Gasteiger partial charge on any atom is -0.305 e. The van der Waals surface area contributed by atoms with E-state index in [0.717, 1.165) is 70.5 Å². The quantitative estimate of drug-likeness (QED) is 0.171. The Labute approximate surface area is 251 Å². The van der Waals surface area contributed by atoms with Crippen LogP contribution in [0.3, 0.4) is 0 Å². The first-order valence-corrected chi connectivity index (χ1v) is 15.4. The molecule has 2 rings (SSSR count). The Morgan fingerprint density at radius 2 is 1.85 bits per heavy atom. The molecule has 1 N–H and O–H groups in total. The van der Waals surface area contributed by atoms with Gasteiger partial charge in [-0.1, -0.05) is 89.4 Å². The second kappa shape index (κ2) is 21.0. The van der Waals surface area contributed by atoms with Gasteiger partial charge < -0.3 is 10.3 Å². The molecular weight excluding hydrogens is 505 g/mol. The van der Waals surface area contributed by atoms with Crippen molar-refractivity contribution in [3.8, 4) is 0 Å². The Kier molecular flexibility index (Phi) is 18.5. The van der Waals surface area contributed by atoms with Gasteiger partial charge >= 0.3 is 0 Å². The van der Waals surface area contributed by atoms with Crippen molar-refractivity contribution in [3.05, 3.63) is 108 Å². The van der Waals surface area contributed by atoms with Gasteiger partial charge in [-0.05, 0) is 105 Å². The first kappa shape index (κ1) is 36.2. The highest BCUT2D eigenvalue weighted by Gasteiger charge is 2.15. The summed E-state index contributed by atoms with van der Waals surface area (Å²) in [5.41, 5.74) is 6.86. The molecule has 41 heavy (non-hydrogen) atoms. The van der Waals surface area contributed by atoms with Crippen LogP contribution in [0.25, 0.3) is 0 Å². The number of allylic oxidation sites excluding steroid dienone is 7. The fourth-order valence-electron chi connectivity index (χ4n) is 4.60. The van der Waals surface area contributed by atoms with Crippen LogP contribution in [-0.4, -0.2) is 48.2 Å². The third kappa shape index (κ3) is 16.3. The summed E-state index contributed by atoms with van der Waals surface area (Å²) in [7, 11) is 0. The molecule has 1 aromatic rings. The van der Waals surface area contributed by atoms with Crippen LogP contribution in [0.1, 0.15) is 78.7 Å². The van der Waals surface area contributed by atoms with Crippen LogP contribution < -0.4 is 0 Å². The maximum Gasteiger partial charge on any atom is 0.123 e.